The Kier molecular flexibility index (Phi) is 4.70. The number of fused-ring (bicyclic) bond motifs is 3. The van der Waals surface area contributed by atoms with Crippen molar-refractivity contribution in [1.82, 2.24) is 9.71 Å². The molecule has 27 heavy (non-hydrogen) atoms. The molecule has 142 valence electrons. The summed E-state index contributed by atoms with van der Waals surface area (Å²) < 4.78 is 34.0. The van der Waals surface area contributed by atoms with Gasteiger partial charge < -0.3 is 9.72 Å². The average Bonchev–Trinajstić information content (AvgIpc) is 2.99. The standard InChI is InChI=1S/C21H24N2O3S/c1-14(2)26-16-8-10-17(11-9-16)27(24,25)23-15-7-12-21-19(13-15)18-5-3-4-6-20(18)22-21/h3-6,8-11,14-15,22-23H,7,12-13H2,1-2H3. The number of aryl methyl sites for hydroxylation is 1. The molecule has 1 heterocycles. The molecular weight excluding hydrogens is 360 g/mol. The second-order valence-corrected chi connectivity index (χ2v) is 9.04. The Morgan fingerprint density at radius 2 is 1.85 bits per heavy atom. The number of benzene rings is 2. The highest BCUT2D eigenvalue weighted by atomic mass is 32.2. The van der Waals surface area contributed by atoms with Gasteiger partial charge in [0, 0.05) is 22.6 Å². The number of aromatic nitrogens is 1. The number of hydrogen-bond acceptors (Lipinski definition) is 3. The van der Waals surface area contributed by atoms with Crippen molar-refractivity contribution in [1.29, 1.82) is 0 Å². The molecule has 1 aliphatic carbocycles. The van der Waals surface area contributed by atoms with Crippen molar-refractivity contribution in [3.8, 4) is 5.75 Å². The molecule has 0 saturated heterocycles. The number of H-pyrrole nitrogens is 1. The van der Waals surface area contributed by atoms with Gasteiger partial charge in [-0.25, -0.2) is 13.1 Å². The van der Waals surface area contributed by atoms with Gasteiger partial charge in [-0.3, -0.25) is 0 Å². The van der Waals surface area contributed by atoms with Crippen LogP contribution in [0.4, 0.5) is 0 Å². The van der Waals surface area contributed by atoms with Crippen LogP contribution >= 0.6 is 0 Å². The third-order valence-corrected chi connectivity index (χ3v) is 6.46. The Hall–Kier alpha value is -2.31. The summed E-state index contributed by atoms with van der Waals surface area (Å²) in [6, 6.07) is 14.7. The van der Waals surface area contributed by atoms with Crippen molar-refractivity contribution in [2.45, 2.75) is 50.2 Å². The maximum atomic E-state index is 12.8. The lowest BCUT2D eigenvalue weighted by Crippen LogP contribution is -2.38. The van der Waals surface area contributed by atoms with Crippen molar-refractivity contribution in [2.24, 2.45) is 0 Å². The van der Waals surface area contributed by atoms with Crippen LogP contribution in [0, 0.1) is 0 Å². The number of ether oxygens (including phenoxy) is 1. The highest BCUT2D eigenvalue weighted by Gasteiger charge is 2.26. The van der Waals surface area contributed by atoms with Gasteiger partial charge in [-0.2, -0.15) is 0 Å². The fourth-order valence-electron chi connectivity index (χ4n) is 3.73. The van der Waals surface area contributed by atoms with E-state index in [4.69, 9.17) is 4.74 Å². The summed E-state index contributed by atoms with van der Waals surface area (Å²) in [6.07, 6.45) is 2.39. The molecule has 0 spiro atoms. The number of aromatic amines is 1. The van der Waals surface area contributed by atoms with E-state index in [0.29, 0.717) is 12.2 Å². The first-order valence-corrected chi connectivity index (χ1v) is 10.8. The van der Waals surface area contributed by atoms with Crippen LogP contribution in [0.5, 0.6) is 5.75 Å². The first kappa shape index (κ1) is 18.1. The molecule has 0 radical (unpaired) electrons. The van der Waals surface area contributed by atoms with Gasteiger partial charge in [0.25, 0.3) is 0 Å². The molecule has 0 fully saturated rings. The summed E-state index contributed by atoms with van der Waals surface area (Å²) in [7, 11) is -3.56. The molecule has 0 aliphatic heterocycles. The summed E-state index contributed by atoms with van der Waals surface area (Å²) in [6.45, 7) is 3.88. The molecule has 4 rings (SSSR count). The molecule has 3 aromatic rings. The van der Waals surface area contributed by atoms with Crippen LogP contribution in [0.25, 0.3) is 10.9 Å². The van der Waals surface area contributed by atoms with Gasteiger partial charge in [0.1, 0.15) is 5.75 Å². The smallest absolute Gasteiger partial charge is 0.240 e. The van der Waals surface area contributed by atoms with Gasteiger partial charge in [0.15, 0.2) is 0 Å². The number of nitrogens with one attached hydrogen (secondary N) is 2. The Morgan fingerprint density at radius 1 is 1.11 bits per heavy atom. The van der Waals surface area contributed by atoms with Crippen LogP contribution in [0.3, 0.4) is 0 Å². The lowest BCUT2D eigenvalue weighted by molar-refractivity contribution is 0.242. The number of hydrogen-bond donors (Lipinski definition) is 2. The zero-order chi connectivity index (χ0) is 19.0. The minimum Gasteiger partial charge on any atom is -0.491 e. The molecule has 2 N–H and O–H groups in total. The van der Waals surface area contributed by atoms with Crippen LogP contribution in [-0.2, 0) is 22.9 Å². The first-order chi connectivity index (χ1) is 12.9. The summed E-state index contributed by atoms with van der Waals surface area (Å²) >= 11 is 0. The van der Waals surface area contributed by atoms with Gasteiger partial charge in [-0.15, -0.1) is 0 Å². The Bertz CT molecular complexity index is 1050. The summed E-state index contributed by atoms with van der Waals surface area (Å²) in [5.41, 5.74) is 3.57. The molecule has 1 unspecified atom stereocenters. The zero-order valence-corrected chi connectivity index (χ0v) is 16.3. The molecule has 2 aromatic carbocycles. The Balaban J connectivity index is 1.52. The van der Waals surface area contributed by atoms with Crippen molar-refractivity contribution < 1.29 is 13.2 Å². The largest absolute Gasteiger partial charge is 0.491 e. The Morgan fingerprint density at radius 3 is 2.59 bits per heavy atom. The minimum atomic E-state index is -3.56. The van der Waals surface area contributed by atoms with Gasteiger partial charge in [-0.05, 0) is 69.0 Å². The number of rotatable bonds is 5. The highest BCUT2D eigenvalue weighted by molar-refractivity contribution is 7.89. The predicted octanol–water partition coefficient (Wildman–Crippen LogP) is 3.79. The summed E-state index contributed by atoms with van der Waals surface area (Å²) in [5.74, 6) is 0.671. The molecular formula is C21H24N2O3S. The van der Waals surface area contributed by atoms with E-state index < -0.39 is 10.0 Å². The molecule has 1 atom stereocenters. The molecule has 0 amide bonds. The molecule has 5 nitrogen and oxygen atoms in total. The molecule has 6 heteroatoms. The van der Waals surface area contributed by atoms with Crippen LogP contribution in [0.1, 0.15) is 31.5 Å². The number of para-hydroxylation sites is 1. The van der Waals surface area contributed by atoms with Crippen LogP contribution in [-0.4, -0.2) is 25.5 Å². The van der Waals surface area contributed by atoms with Crippen LogP contribution < -0.4 is 9.46 Å². The lowest BCUT2D eigenvalue weighted by Gasteiger charge is -2.23. The van der Waals surface area contributed by atoms with E-state index in [2.05, 4.69) is 21.8 Å². The summed E-state index contributed by atoms with van der Waals surface area (Å²) in [5, 5.41) is 1.19. The van der Waals surface area contributed by atoms with Crippen LogP contribution in [0.2, 0.25) is 0 Å². The zero-order valence-electron chi connectivity index (χ0n) is 15.5. The van der Waals surface area contributed by atoms with Crippen LogP contribution in [0.15, 0.2) is 53.4 Å². The minimum absolute atomic E-state index is 0.0539. The van der Waals surface area contributed by atoms with Crippen molar-refractivity contribution in [3.05, 3.63) is 59.8 Å². The molecule has 1 aliphatic rings. The van der Waals surface area contributed by atoms with E-state index in [9.17, 15) is 8.42 Å². The fourth-order valence-corrected chi connectivity index (χ4v) is 5.00. The van der Waals surface area contributed by atoms with Gasteiger partial charge in [-0.1, -0.05) is 18.2 Å². The fraction of sp³-hybridized carbons (Fsp3) is 0.333. The molecule has 0 bridgehead atoms. The average molecular weight is 385 g/mol. The third-order valence-electron chi connectivity index (χ3n) is 4.92. The van der Waals surface area contributed by atoms with E-state index >= 15 is 0 Å². The van der Waals surface area contributed by atoms with Gasteiger partial charge >= 0.3 is 0 Å². The second kappa shape index (κ2) is 7.02. The van der Waals surface area contributed by atoms with Gasteiger partial charge in [0.2, 0.25) is 10.0 Å². The molecule has 1 aromatic heterocycles. The van der Waals surface area contributed by atoms with Crippen molar-refractivity contribution in [3.63, 3.8) is 0 Å². The van der Waals surface area contributed by atoms with E-state index in [1.807, 2.05) is 26.0 Å². The normalized spacial score (nSPS) is 17.2. The van der Waals surface area contributed by atoms with Crippen molar-refractivity contribution >= 4 is 20.9 Å². The third kappa shape index (κ3) is 3.73. The summed E-state index contributed by atoms with van der Waals surface area (Å²) in [4.78, 5) is 3.73. The van der Waals surface area contributed by atoms with E-state index in [0.717, 1.165) is 18.4 Å². The maximum Gasteiger partial charge on any atom is 0.240 e. The lowest BCUT2D eigenvalue weighted by atomic mass is 9.92. The first-order valence-electron chi connectivity index (χ1n) is 9.30. The molecule has 0 saturated carbocycles. The predicted molar refractivity (Wildman–Crippen MR) is 107 cm³/mol. The topological polar surface area (TPSA) is 71.2 Å². The quantitative estimate of drug-likeness (QED) is 0.703. The maximum absolute atomic E-state index is 12.8. The van der Waals surface area contributed by atoms with E-state index in [1.165, 1.54) is 16.6 Å². The van der Waals surface area contributed by atoms with E-state index in [1.54, 1.807) is 24.3 Å². The Labute approximate surface area is 159 Å². The van der Waals surface area contributed by atoms with E-state index in [-0.39, 0.29) is 17.0 Å². The monoisotopic (exact) mass is 384 g/mol. The second-order valence-electron chi connectivity index (χ2n) is 7.33. The number of sulfonamides is 1. The highest BCUT2D eigenvalue weighted by Crippen LogP contribution is 2.29. The van der Waals surface area contributed by atoms with Crippen molar-refractivity contribution in [2.75, 3.05) is 0 Å². The van der Waals surface area contributed by atoms with Gasteiger partial charge in [0.05, 0.1) is 11.0 Å². The SMILES string of the molecule is CC(C)Oc1ccc(S(=O)(=O)NC2CCc3[nH]c4ccccc4c3C2)cc1.